The van der Waals surface area contributed by atoms with Crippen molar-refractivity contribution < 1.29 is 14.2 Å². The Bertz CT molecular complexity index is 629. The van der Waals surface area contributed by atoms with E-state index >= 15 is 0 Å². The van der Waals surface area contributed by atoms with E-state index in [0.29, 0.717) is 19.0 Å². The highest BCUT2D eigenvalue weighted by molar-refractivity contribution is 5.44. The first kappa shape index (κ1) is 12.7. The minimum absolute atomic E-state index is 0.279. The Morgan fingerprint density at radius 1 is 1.20 bits per heavy atom. The summed E-state index contributed by atoms with van der Waals surface area (Å²) in [4.78, 5) is 4.37. The van der Waals surface area contributed by atoms with Gasteiger partial charge in [0.15, 0.2) is 11.5 Å². The van der Waals surface area contributed by atoms with Crippen molar-refractivity contribution in [2.24, 2.45) is 5.73 Å². The number of hydrogen-bond acceptors (Lipinski definition) is 5. The van der Waals surface area contributed by atoms with Gasteiger partial charge in [0.2, 0.25) is 12.7 Å². The molecule has 0 radical (unpaired) electrons. The average Bonchev–Trinajstić information content (AvgIpc) is 2.92. The highest BCUT2D eigenvalue weighted by Gasteiger charge is 2.13. The molecule has 20 heavy (non-hydrogen) atoms. The Morgan fingerprint density at radius 3 is 2.85 bits per heavy atom. The van der Waals surface area contributed by atoms with E-state index < -0.39 is 0 Å². The fourth-order valence-corrected chi connectivity index (χ4v) is 2.05. The van der Waals surface area contributed by atoms with Gasteiger partial charge in [0.25, 0.3) is 0 Å². The Hall–Kier alpha value is -2.27. The summed E-state index contributed by atoms with van der Waals surface area (Å²) >= 11 is 0. The molecule has 0 bridgehead atoms. The van der Waals surface area contributed by atoms with Crippen LogP contribution in [-0.2, 0) is 13.2 Å². The van der Waals surface area contributed by atoms with Crippen molar-refractivity contribution in [2.75, 3.05) is 6.79 Å². The van der Waals surface area contributed by atoms with Crippen molar-refractivity contribution in [1.82, 2.24) is 4.98 Å². The fourth-order valence-electron chi connectivity index (χ4n) is 2.05. The second kappa shape index (κ2) is 5.38. The number of aryl methyl sites for hydroxylation is 1. The van der Waals surface area contributed by atoms with Gasteiger partial charge >= 0.3 is 0 Å². The van der Waals surface area contributed by atoms with Gasteiger partial charge in [0, 0.05) is 18.3 Å². The lowest BCUT2D eigenvalue weighted by Crippen LogP contribution is -2.03. The number of fused-ring (bicyclic) bond motifs is 1. The molecule has 0 fully saturated rings. The lowest BCUT2D eigenvalue weighted by atomic mass is 10.2. The number of nitrogens with two attached hydrogens (primary N) is 1. The van der Waals surface area contributed by atoms with Crippen LogP contribution in [0, 0.1) is 6.92 Å². The van der Waals surface area contributed by atoms with Gasteiger partial charge in [-0.05, 0) is 30.2 Å². The molecule has 0 unspecified atom stereocenters. The smallest absolute Gasteiger partial charge is 0.231 e. The third kappa shape index (κ3) is 2.53. The monoisotopic (exact) mass is 272 g/mol. The first-order valence-electron chi connectivity index (χ1n) is 6.44. The summed E-state index contributed by atoms with van der Waals surface area (Å²) in [6, 6.07) is 9.54. The van der Waals surface area contributed by atoms with E-state index in [9.17, 15) is 0 Å². The molecule has 0 saturated carbocycles. The molecular weight excluding hydrogens is 256 g/mol. The first-order valence-corrected chi connectivity index (χ1v) is 6.44. The highest BCUT2D eigenvalue weighted by Crippen LogP contribution is 2.32. The molecule has 5 nitrogen and oxygen atoms in total. The average molecular weight is 272 g/mol. The lowest BCUT2D eigenvalue weighted by Gasteiger charge is -2.08. The van der Waals surface area contributed by atoms with Gasteiger partial charge in [-0.1, -0.05) is 12.1 Å². The number of ether oxygens (including phenoxy) is 3. The van der Waals surface area contributed by atoms with E-state index in [0.717, 1.165) is 28.3 Å². The zero-order valence-electron chi connectivity index (χ0n) is 11.3. The molecule has 5 heteroatoms. The zero-order valence-corrected chi connectivity index (χ0v) is 11.3. The molecular formula is C15H16N2O3. The predicted octanol–water partition coefficient (Wildman–Crippen LogP) is 2.16. The zero-order chi connectivity index (χ0) is 13.9. The lowest BCUT2D eigenvalue weighted by molar-refractivity contribution is 0.174. The summed E-state index contributed by atoms with van der Waals surface area (Å²) in [5, 5.41) is 0. The van der Waals surface area contributed by atoms with Crippen LogP contribution >= 0.6 is 0 Å². The van der Waals surface area contributed by atoms with Gasteiger partial charge in [-0.25, -0.2) is 4.98 Å². The number of benzene rings is 1. The van der Waals surface area contributed by atoms with Crippen molar-refractivity contribution in [3.05, 3.63) is 47.2 Å². The van der Waals surface area contributed by atoms with Crippen LogP contribution in [0.5, 0.6) is 17.4 Å². The molecule has 2 heterocycles. The van der Waals surface area contributed by atoms with Gasteiger partial charge in [-0.3, -0.25) is 0 Å². The second-order valence-corrected chi connectivity index (χ2v) is 4.57. The van der Waals surface area contributed by atoms with Crippen LogP contribution in [0.2, 0.25) is 0 Å². The summed E-state index contributed by atoms with van der Waals surface area (Å²) in [7, 11) is 0. The summed E-state index contributed by atoms with van der Waals surface area (Å²) < 4.78 is 16.3. The van der Waals surface area contributed by atoms with Crippen molar-refractivity contribution in [2.45, 2.75) is 20.1 Å². The quantitative estimate of drug-likeness (QED) is 0.923. The Kier molecular flexibility index (Phi) is 3.43. The number of rotatable bonds is 4. The van der Waals surface area contributed by atoms with Crippen molar-refractivity contribution >= 4 is 0 Å². The van der Waals surface area contributed by atoms with E-state index in [1.807, 2.05) is 37.3 Å². The first-order chi connectivity index (χ1) is 9.76. The second-order valence-electron chi connectivity index (χ2n) is 4.57. The maximum absolute atomic E-state index is 5.68. The Balaban J connectivity index is 1.69. The maximum atomic E-state index is 5.68. The normalized spacial score (nSPS) is 12.5. The topological polar surface area (TPSA) is 66.6 Å². The number of hydrogen-bond donors (Lipinski definition) is 1. The van der Waals surface area contributed by atoms with E-state index in [1.165, 1.54) is 0 Å². The Labute approximate surface area is 117 Å². The standard InChI is InChI=1S/C15H16N2O3/c1-10-12(7-16)3-5-15(17-10)18-8-11-2-4-13-14(6-11)20-9-19-13/h2-6H,7-9,16H2,1H3. The minimum atomic E-state index is 0.279. The number of nitrogens with zero attached hydrogens (tertiary/aromatic N) is 1. The molecule has 0 atom stereocenters. The third-order valence-corrected chi connectivity index (χ3v) is 3.21. The molecule has 2 N–H and O–H groups in total. The number of aromatic nitrogens is 1. The van der Waals surface area contributed by atoms with Gasteiger partial charge in [-0.2, -0.15) is 0 Å². The van der Waals surface area contributed by atoms with Crippen LogP contribution in [0.4, 0.5) is 0 Å². The fraction of sp³-hybridized carbons (Fsp3) is 0.267. The van der Waals surface area contributed by atoms with Crippen LogP contribution < -0.4 is 19.9 Å². The van der Waals surface area contributed by atoms with Crippen LogP contribution in [0.25, 0.3) is 0 Å². The van der Waals surface area contributed by atoms with E-state index in [4.69, 9.17) is 19.9 Å². The van der Waals surface area contributed by atoms with Crippen LogP contribution in [0.1, 0.15) is 16.8 Å². The maximum Gasteiger partial charge on any atom is 0.231 e. The number of pyridine rings is 1. The molecule has 1 aliphatic heterocycles. The van der Waals surface area contributed by atoms with Crippen LogP contribution in [0.3, 0.4) is 0 Å². The van der Waals surface area contributed by atoms with Gasteiger partial charge in [0.05, 0.1) is 0 Å². The molecule has 1 aromatic carbocycles. The molecule has 3 rings (SSSR count). The van der Waals surface area contributed by atoms with Crippen molar-refractivity contribution in [1.29, 1.82) is 0 Å². The van der Waals surface area contributed by atoms with E-state index in [1.54, 1.807) is 0 Å². The minimum Gasteiger partial charge on any atom is -0.473 e. The van der Waals surface area contributed by atoms with E-state index in [-0.39, 0.29) is 6.79 Å². The van der Waals surface area contributed by atoms with Crippen LogP contribution in [-0.4, -0.2) is 11.8 Å². The molecule has 0 amide bonds. The molecule has 1 aliphatic rings. The molecule has 2 aromatic rings. The molecule has 0 aliphatic carbocycles. The van der Waals surface area contributed by atoms with E-state index in [2.05, 4.69) is 4.98 Å². The molecule has 1 aromatic heterocycles. The predicted molar refractivity (Wildman–Crippen MR) is 73.8 cm³/mol. The third-order valence-electron chi connectivity index (χ3n) is 3.21. The van der Waals surface area contributed by atoms with Crippen molar-refractivity contribution in [3.8, 4) is 17.4 Å². The van der Waals surface area contributed by atoms with Gasteiger partial charge < -0.3 is 19.9 Å². The summed E-state index contributed by atoms with van der Waals surface area (Å²) in [5.41, 5.74) is 8.55. The van der Waals surface area contributed by atoms with Gasteiger partial charge in [-0.15, -0.1) is 0 Å². The molecule has 0 spiro atoms. The largest absolute Gasteiger partial charge is 0.473 e. The SMILES string of the molecule is Cc1nc(OCc2ccc3c(c2)OCO3)ccc1CN. The van der Waals surface area contributed by atoms with Crippen molar-refractivity contribution in [3.63, 3.8) is 0 Å². The summed E-state index contributed by atoms with van der Waals surface area (Å²) in [5.74, 6) is 2.13. The van der Waals surface area contributed by atoms with Gasteiger partial charge in [0.1, 0.15) is 6.61 Å². The van der Waals surface area contributed by atoms with Crippen LogP contribution in [0.15, 0.2) is 30.3 Å². The molecule has 0 saturated heterocycles. The summed E-state index contributed by atoms with van der Waals surface area (Å²) in [6.07, 6.45) is 0. The molecule has 104 valence electrons. The summed E-state index contributed by atoms with van der Waals surface area (Å²) in [6.45, 7) is 3.13. The Morgan fingerprint density at radius 2 is 2.05 bits per heavy atom. The highest BCUT2D eigenvalue weighted by atomic mass is 16.7.